The Hall–Kier alpha value is -0.640. The van der Waals surface area contributed by atoms with Gasteiger partial charge in [0.25, 0.3) is 0 Å². The van der Waals surface area contributed by atoms with Crippen molar-refractivity contribution in [2.24, 2.45) is 0 Å². The van der Waals surface area contributed by atoms with Crippen molar-refractivity contribution in [1.29, 1.82) is 0 Å². The zero-order valence-electron chi connectivity index (χ0n) is 7.98. The Bertz CT molecular complexity index is 318. The van der Waals surface area contributed by atoms with Crippen LogP contribution < -0.4 is 0 Å². The van der Waals surface area contributed by atoms with Gasteiger partial charge in [-0.3, -0.25) is 0 Å². The molecule has 0 bridgehead atoms. The van der Waals surface area contributed by atoms with Gasteiger partial charge in [-0.2, -0.15) is 24.9 Å². The fraction of sp³-hybridized carbons (Fsp3) is 0.400. The maximum atomic E-state index is 12.3. The molecule has 78 valence electrons. The second kappa shape index (κ2) is 4.26. The second-order valence-corrected chi connectivity index (χ2v) is 3.94. The fourth-order valence-corrected chi connectivity index (χ4v) is 1.78. The molecule has 0 atom stereocenters. The average Bonchev–Trinajstić information content (AvgIpc) is 2.07. The highest BCUT2D eigenvalue weighted by molar-refractivity contribution is 7.97. The van der Waals surface area contributed by atoms with Crippen molar-refractivity contribution in [3.05, 3.63) is 34.9 Å². The molecular weight excluding hydrogens is 209 g/mol. The quantitative estimate of drug-likeness (QED) is 0.729. The maximum Gasteiger partial charge on any atom is 0.416 e. The molecule has 0 fully saturated rings. The fourth-order valence-electron chi connectivity index (χ4n) is 1.16. The molecule has 1 aromatic rings. The van der Waals surface area contributed by atoms with Crippen LogP contribution in [0.25, 0.3) is 0 Å². The molecule has 0 heterocycles. The summed E-state index contributed by atoms with van der Waals surface area (Å²) in [6, 6.07) is 3.87. The van der Waals surface area contributed by atoms with E-state index < -0.39 is 11.7 Å². The molecule has 4 heteroatoms. The van der Waals surface area contributed by atoms with Gasteiger partial charge in [-0.25, -0.2) is 0 Å². The van der Waals surface area contributed by atoms with E-state index in [1.165, 1.54) is 23.9 Å². The van der Waals surface area contributed by atoms with Gasteiger partial charge in [0.1, 0.15) is 0 Å². The number of aryl methyl sites for hydroxylation is 1. The van der Waals surface area contributed by atoms with E-state index in [2.05, 4.69) is 0 Å². The van der Waals surface area contributed by atoms with Crippen molar-refractivity contribution < 1.29 is 13.2 Å². The third-order valence-electron chi connectivity index (χ3n) is 1.98. The lowest BCUT2D eigenvalue weighted by Gasteiger charge is -2.10. The Morgan fingerprint density at radius 2 is 1.93 bits per heavy atom. The van der Waals surface area contributed by atoms with Crippen LogP contribution in [-0.2, 0) is 11.9 Å². The predicted octanol–water partition coefficient (Wildman–Crippen LogP) is 3.88. The zero-order valence-corrected chi connectivity index (χ0v) is 8.80. The third-order valence-corrected chi connectivity index (χ3v) is 2.58. The molecule has 0 aliphatic rings. The van der Waals surface area contributed by atoms with Crippen LogP contribution in [0.1, 0.15) is 16.7 Å². The Kier molecular flexibility index (Phi) is 3.48. The van der Waals surface area contributed by atoms with E-state index in [9.17, 15) is 13.2 Å². The Morgan fingerprint density at radius 1 is 1.29 bits per heavy atom. The van der Waals surface area contributed by atoms with Gasteiger partial charge in [0.05, 0.1) is 5.56 Å². The van der Waals surface area contributed by atoms with Crippen molar-refractivity contribution in [3.8, 4) is 0 Å². The van der Waals surface area contributed by atoms with Crippen LogP contribution in [0.2, 0.25) is 0 Å². The number of hydrogen-bond acceptors (Lipinski definition) is 1. The normalized spacial score (nSPS) is 11.8. The number of alkyl halides is 3. The lowest BCUT2D eigenvalue weighted by atomic mass is 10.1. The SMILES string of the molecule is CSCc1cc(C(F)(F)F)ccc1C. The van der Waals surface area contributed by atoms with Crippen molar-refractivity contribution in [1.82, 2.24) is 0 Å². The Balaban J connectivity index is 3.06. The molecule has 0 spiro atoms. The summed E-state index contributed by atoms with van der Waals surface area (Å²) in [4.78, 5) is 0. The summed E-state index contributed by atoms with van der Waals surface area (Å²) in [5.41, 5.74) is 1.10. The molecule has 0 saturated carbocycles. The number of halogens is 3. The highest BCUT2D eigenvalue weighted by Crippen LogP contribution is 2.31. The summed E-state index contributed by atoms with van der Waals surface area (Å²) < 4.78 is 37.0. The van der Waals surface area contributed by atoms with E-state index in [1.54, 1.807) is 0 Å². The summed E-state index contributed by atoms with van der Waals surface area (Å²) in [6.45, 7) is 1.83. The number of rotatable bonds is 2. The van der Waals surface area contributed by atoms with Gasteiger partial charge in [-0.05, 0) is 36.4 Å². The van der Waals surface area contributed by atoms with Crippen LogP contribution in [0.3, 0.4) is 0 Å². The number of benzene rings is 1. The molecule has 0 nitrogen and oxygen atoms in total. The van der Waals surface area contributed by atoms with Crippen LogP contribution in [0.5, 0.6) is 0 Å². The summed E-state index contributed by atoms with van der Waals surface area (Å²) in [5, 5.41) is 0. The standard InChI is InChI=1S/C10H11F3S/c1-7-3-4-9(10(11,12)13)5-8(7)6-14-2/h3-5H,6H2,1-2H3. The second-order valence-electron chi connectivity index (χ2n) is 3.07. The van der Waals surface area contributed by atoms with Gasteiger partial charge in [0.2, 0.25) is 0 Å². The van der Waals surface area contributed by atoms with E-state index in [0.717, 1.165) is 17.2 Å². The summed E-state index contributed by atoms with van der Waals surface area (Å²) >= 11 is 1.52. The summed E-state index contributed by atoms with van der Waals surface area (Å²) in [5.74, 6) is 0.621. The van der Waals surface area contributed by atoms with Gasteiger partial charge in [0, 0.05) is 5.75 Å². The molecule has 0 saturated heterocycles. The molecule has 1 aromatic carbocycles. The smallest absolute Gasteiger partial charge is 0.166 e. The monoisotopic (exact) mass is 220 g/mol. The van der Waals surface area contributed by atoms with Crippen LogP contribution in [-0.4, -0.2) is 6.26 Å². The first kappa shape index (κ1) is 11.4. The third kappa shape index (κ3) is 2.67. The maximum absolute atomic E-state index is 12.3. The molecular formula is C10H11F3S. The lowest BCUT2D eigenvalue weighted by molar-refractivity contribution is -0.137. The highest BCUT2D eigenvalue weighted by Gasteiger charge is 2.30. The van der Waals surface area contributed by atoms with Crippen LogP contribution in [0.15, 0.2) is 18.2 Å². The van der Waals surface area contributed by atoms with Gasteiger partial charge >= 0.3 is 6.18 Å². The molecule has 0 amide bonds. The lowest BCUT2D eigenvalue weighted by Crippen LogP contribution is -2.05. The van der Waals surface area contributed by atoms with Crippen molar-refractivity contribution >= 4 is 11.8 Å². The summed E-state index contributed by atoms with van der Waals surface area (Å²) in [6.07, 6.45) is -2.36. The average molecular weight is 220 g/mol. The van der Waals surface area contributed by atoms with Crippen molar-refractivity contribution in [3.63, 3.8) is 0 Å². The predicted molar refractivity (Wildman–Crippen MR) is 53.4 cm³/mol. The molecule has 1 rings (SSSR count). The molecule has 0 unspecified atom stereocenters. The Morgan fingerprint density at radius 3 is 2.43 bits per heavy atom. The Labute approximate surface area is 85.5 Å². The molecule has 0 N–H and O–H groups in total. The van der Waals surface area contributed by atoms with Gasteiger partial charge in [-0.15, -0.1) is 0 Å². The van der Waals surface area contributed by atoms with Gasteiger partial charge < -0.3 is 0 Å². The first-order chi connectivity index (χ1) is 6.45. The minimum atomic E-state index is -4.24. The van der Waals surface area contributed by atoms with Gasteiger partial charge in [-0.1, -0.05) is 6.07 Å². The molecule has 0 aliphatic heterocycles. The van der Waals surface area contributed by atoms with E-state index in [1.807, 2.05) is 13.2 Å². The van der Waals surface area contributed by atoms with Crippen LogP contribution in [0.4, 0.5) is 13.2 Å². The number of hydrogen-bond donors (Lipinski definition) is 0. The largest absolute Gasteiger partial charge is 0.416 e. The topological polar surface area (TPSA) is 0 Å². The van der Waals surface area contributed by atoms with E-state index in [-0.39, 0.29) is 0 Å². The van der Waals surface area contributed by atoms with Crippen LogP contribution >= 0.6 is 11.8 Å². The first-order valence-electron chi connectivity index (χ1n) is 4.11. The van der Waals surface area contributed by atoms with E-state index >= 15 is 0 Å². The van der Waals surface area contributed by atoms with Crippen LogP contribution in [0, 0.1) is 6.92 Å². The molecule has 0 radical (unpaired) electrons. The molecule has 0 aliphatic carbocycles. The van der Waals surface area contributed by atoms with Crippen molar-refractivity contribution in [2.45, 2.75) is 18.9 Å². The first-order valence-corrected chi connectivity index (χ1v) is 5.50. The number of thioether (sulfide) groups is 1. The molecule has 14 heavy (non-hydrogen) atoms. The van der Waals surface area contributed by atoms with E-state index in [4.69, 9.17) is 0 Å². The molecule has 0 aromatic heterocycles. The van der Waals surface area contributed by atoms with Gasteiger partial charge in [0.15, 0.2) is 0 Å². The minimum absolute atomic E-state index is 0.563. The zero-order chi connectivity index (χ0) is 10.8. The summed E-state index contributed by atoms with van der Waals surface area (Å²) in [7, 11) is 0. The van der Waals surface area contributed by atoms with E-state index in [0.29, 0.717) is 5.75 Å². The minimum Gasteiger partial charge on any atom is -0.166 e. The highest BCUT2D eigenvalue weighted by atomic mass is 32.2. The van der Waals surface area contributed by atoms with Crippen molar-refractivity contribution in [2.75, 3.05) is 6.26 Å².